The van der Waals surface area contributed by atoms with Crippen molar-refractivity contribution in [2.24, 2.45) is 23.2 Å². The van der Waals surface area contributed by atoms with Gasteiger partial charge in [-0.1, -0.05) is 31.2 Å². The molecule has 1 N–H and O–H groups in total. The molecule has 0 aromatic heterocycles. The van der Waals surface area contributed by atoms with Crippen molar-refractivity contribution >= 4 is 5.91 Å². The molecule has 2 saturated carbocycles. The molecule has 3 aliphatic rings. The number of benzene rings is 1. The first-order chi connectivity index (χ1) is 11.8. The van der Waals surface area contributed by atoms with Crippen LogP contribution in [0.4, 0.5) is 0 Å². The van der Waals surface area contributed by atoms with Crippen LogP contribution in [0.5, 0.6) is 0 Å². The van der Waals surface area contributed by atoms with Crippen LogP contribution in [-0.2, 0) is 11.2 Å². The van der Waals surface area contributed by atoms with E-state index in [2.05, 4.69) is 57.3 Å². The van der Waals surface area contributed by atoms with Crippen LogP contribution in [0, 0.1) is 23.2 Å². The number of amides is 1. The van der Waals surface area contributed by atoms with Crippen LogP contribution in [0.2, 0.25) is 0 Å². The topological polar surface area (TPSA) is 29.1 Å². The zero-order valence-corrected chi connectivity index (χ0v) is 16.3. The zero-order valence-electron chi connectivity index (χ0n) is 16.3. The minimum absolute atomic E-state index is 0.132. The van der Waals surface area contributed by atoms with E-state index in [1.807, 2.05) is 0 Å². The van der Waals surface area contributed by atoms with Crippen molar-refractivity contribution in [3.8, 4) is 0 Å². The van der Waals surface area contributed by atoms with Gasteiger partial charge in [-0.3, -0.25) is 4.79 Å². The van der Waals surface area contributed by atoms with E-state index in [0.717, 1.165) is 24.2 Å². The number of hydrogen-bond donors (Lipinski definition) is 1. The Morgan fingerprint density at radius 2 is 1.88 bits per heavy atom. The second kappa shape index (κ2) is 5.86. The first-order valence-electron chi connectivity index (χ1n) is 10.2. The molecule has 136 valence electrons. The Kier molecular flexibility index (Phi) is 4.01. The van der Waals surface area contributed by atoms with Crippen molar-refractivity contribution in [1.29, 1.82) is 0 Å². The number of carbonyl (C=O) groups is 1. The first-order valence-corrected chi connectivity index (χ1v) is 10.2. The molecule has 1 amide bonds. The van der Waals surface area contributed by atoms with E-state index in [9.17, 15) is 4.79 Å². The largest absolute Gasteiger partial charge is 0.351 e. The average Bonchev–Trinajstić information content (AvgIpc) is 2.90. The Morgan fingerprint density at radius 3 is 2.64 bits per heavy atom. The van der Waals surface area contributed by atoms with Crippen LogP contribution in [-0.4, -0.2) is 11.4 Å². The lowest BCUT2D eigenvalue weighted by atomic mass is 9.54. The van der Waals surface area contributed by atoms with Gasteiger partial charge in [0.1, 0.15) is 0 Å². The molecule has 0 saturated heterocycles. The normalized spacial score (nSPS) is 37.0. The Morgan fingerprint density at radius 1 is 1.12 bits per heavy atom. The van der Waals surface area contributed by atoms with Crippen LogP contribution < -0.4 is 5.32 Å². The first kappa shape index (κ1) is 17.1. The summed E-state index contributed by atoms with van der Waals surface area (Å²) in [6, 6.07) is 9.10. The second-order valence-electron chi connectivity index (χ2n) is 10.0. The monoisotopic (exact) mass is 339 g/mol. The van der Waals surface area contributed by atoms with Crippen LogP contribution in [0.25, 0.3) is 0 Å². The molecule has 5 atom stereocenters. The molecule has 2 heteroatoms. The van der Waals surface area contributed by atoms with Gasteiger partial charge in [-0.05, 0) is 93.6 Å². The molecule has 0 radical (unpaired) electrons. The number of carbonyl (C=O) groups excluding carboxylic acids is 1. The van der Waals surface area contributed by atoms with Gasteiger partial charge in [0, 0.05) is 11.5 Å². The fourth-order valence-electron chi connectivity index (χ4n) is 6.41. The van der Waals surface area contributed by atoms with Crippen molar-refractivity contribution in [3.05, 3.63) is 35.4 Å². The predicted octanol–water partition coefficient (Wildman–Crippen LogP) is 5.07. The number of nitrogens with one attached hydrogen (secondary N) is 1. The highest BCUT2D eigenvalue weighted by molar-refractivity contribution is 5.80. The summed E-state index contributed by atoms with van der Waals surface area (Å²) in [6.07, 6.45) is 7.32. The number of fused-ring (bicyclic) bond motifs is 5. The maximum absolute atomic E-state index is 13.0. The van der Waals surface area contributed by atoms with Crippen molar-refractivity contribution < 1.29 is 4.79 Å². The third-order valence-corrected chi connectivity index (χ3v) is 7.45. The molecule has 1 aromatic rings. The van der Waals surface area contributed by atoms with Gasteiger partial charge in [0.25, 0.3) is 0 Å². The van der Waals surface area contributed by atoms with Crippen LogP contribution >= 0.6 is 0 Å². The lowest BCUT2D eigenvalue weighted by Crippen LogP contribution is -2.50. The molecule has 2 nitrogen and oxygen atoms in total. The van der Waals surface area contributed by atoms with E-state index in [0.29, 0.717) is 5.91 Å². The van der Waals surface area contributed by atoms with Crippen molar-refractivity contribution in [2.45, 2.75) is 77.7 Å². The molecule has 0 bridgehead atoms. The minimum Gasteiger partial charge on any atom is -0.351 e. The summed E-state index contributed by atoms with van der Waals surface area (Å²) in [5.74, 6) is 2.73. The Bertz CT molecular complexity index is 673. The fourth-order valence-corrected chi connectivity index (χ4v) is 6.41. The summed E-state index contributed by atoms with van der Waals surface area (Å²) in [6.45, 7) is 8.70. The Hall–Kier alpha value is -1.31. The molecule has 1 aromatic carbocycles. The standard InChI is InChI=1S/C23H33NO/c1-22(2,3)24-21(25)20-12-11-19-18-10-9-15-7-5-6-8-16(15)17(18)13-14-23(19,20)4/h5-8,17-20H,9-14H2,1-4H3,(H,24,25)/t17-,18-,19+,20-,23+/m1/s1. The number of hydrogen-bond acceptors (Lipinski definition) is 1. The fraction of sp³-hybridized carbons (Fsp3) is 0.696. The molecule has 4 rings (SSSR count). The van der Waals surface area contributed by atoms with Gasteiger partial charge in [-0.2, -0.15) is 0 Å². The smallest absolute Gasteiger partial charge is 0.224 e. The summed E-state index contributed by atoms with van der Waals surface area (Å²) in [5, 5.41) is 3.27. The lowest BCUT2D eigenvalue weighted by molar-refractivity contribution is -0.131. The van der Waals surface area contributed by atoms with Crippen molar-refractivity contribution in [1.82, 2.24) is 5.32 Å². The quantitative estimate of drug-likeness (QED) is 0.760. The summed E-state index contributed by atoms with van der Waals surface area (Å²) >= 11 is 0. The van der Waals surface area contributed by atoms with Gasteiger partial charge in [-0.25, -0.2) is 0 Å². The number of aryl methyl sites for hydroxylation is 1. The highest BCUT2D eigenvalue weighted by Gasteiger charge is 2.56. The minimum atomic E-state index is -0.132. The summed E-state index contributed by atoms with van der Waals surface area (Å²) in [5.41, 5.74) is 3.26. The summed E-state index contributed by atoms with van der Waals surface area (Å²) in [7, 11) is 0. The van der Waals surface area contributed by atoms with Gasteiger partial charge in [0.05, 0.1) is 0 Å². The third kappa shape index (κ3) is 2.82. The van der Waals surface area contributed by atoms with Gasteiger partial charge >= 0.3 is 0 Å². The Balaban J connectivity index is 1.59. The summed E-state index contributed by atoms with van der Waals surface area (Å²) < 4.78 is 0. The second-order valence-corrected chi connectivity index (χ2v) is 10.0. The van der Waals surface area contributed by atoms with E-state index < -0.39 is 0 Å². The average molecular weight is 340 g/mol. The lowest BCUT2D eigenvalue weighted by Gasteiger charge is -2.50. The SMILES string of the molecule is CC(C)(C)NC(=O)[C@H]1CC[C@H]2[C@@H]3CCc4ccccc4[C@H]3CC[C@]12C. The van der Waals surface area contributed by atoms with E-state index in [1.165, 1.54) is 32.1 Å². The molecule has 25 heavy (non-hydrogen) atoms. The van der Waals surface area contributed by atoms with E-state index >= 15 is 0 Å². The number of rotatable bonds is 1. The molecule has 0 heterocycles. The highest BCUT2D eigenvalue weighted by atomic mass is 16.2. The third-order valence-electron chi connectivity index (χ3n) is 7.45. The Labute approximate surface area is 152 Å². The molecular weight excluding hydrogens is 306 g/mol. The molecule has 0 spiro atoms. The van der Waals surface area contributed by atoms with Crippen LogP contribution in [0.3, 0.4) is 0 Å². The maximum atomic E-state index is 13.0. The van der Waals surface area contributed by atoms with Crippen molar-refractivity contribution in [3.63, 3.8) is 0 Å². The zero-order chi connectivity index (χ0) is 17.8. The maximum Gasteiger partial charge on any atom is 0.224 e. The van der Waals surface area contributed by atoms with E-state index in [-0.39, 0.29) is 16.9 Å². The van der Waals surface area contributed by atoms with E-state index in [1.54, 1.807) is 11.1 Å². The van der Waals surface area contributed by atoms with Gasteiger partial charge in [-0.15, -0.1) is 0 Å². The van der Waals surface area contributed by atoms with Crippen molar-refractivity contribution in [2.75, 3.05) is 0 Å². The molecule has 0 unspecified atom stereocenters. The van der Waals surface area contributed by atoms with Crippen LogP contribution in [0.15, 0.2) is 24.3 Å². The van der Waals surface area contributed by atoms with E-state index in [4.69, 9.17) is 0 Å². The molecule has 3 aliphatic carbocycles. The van der Waals surface area contributed by atoms with Gasteiger partial charge in [0.2, 0.25) is 5.91 Å². The predicted molar refractivity (Wildman–Crippen MR) is 102 cm³/mol. The van der Waals surface area contributed by atoms with Gasteiger partial charge in [0.15, 0.2) is 0 Å². The molecule has 2 fully saturated rings. The van der Waals surface area contributed by atoms with Gasteiger partial charge < -0.3 is 5.32 Å². The highest BCUT2D eigenvalue weighted by Crippen LogP contribution is 2.62. The molecule has 0 aliphatic heterocycles. The molecular formula is C23H33NO. The van der Waals surface area contributed by atoms with Crippen LogP contribution in [0.1, 0.15) is 76.8 Å². The summed E-state index contributed by atoms with van der Waals surface area (Å²) in [4.78, 5) is 13.0.